The summed E-state index contributed by atoms with van der Waals surface area (Å²) >= 11 is 3.64. The standard InChI is InChI=1S/C44H24N2S2/c45-25-27-19-32(34-8-2-1-7-31(34)26-46)21-33(20-27)38-22-28(29-14-17-43-39(23-29)36-9-3-5-11-41(36)47-43)13-16-35(38)30-15-18-44-40(24-30)37-10-4-6-12-42(37)48-44/h1-24H. The van der Waals surface area contributed by atoms with E-state index in [-0.39, 0.29) is 0 Å². The number of benzene rings is 7. The first-order valence-corrected chi connectivity index (χ1v) is 17.3. The zero-order valence-corrected chi connectivity index (χ0v) is 27.2. The zero-order chi connectivity index (χ0) is 32.2. The second kappa shape index (κ2) is 11.3. The van der Waals surface area contributed by atoms with Crippen molar-refractivity contribution < 1.29 is 0 Å². The minimum Gasteiger partial charge on any atom is -0.192 e. The molecule has 0 bridgehead atoms. The van der Waals surface area contributed by atoms with Gasteiger partial charge in [0.05, 0.1) is 23.3 Å². The van der Waals surface area contributed by atoms with Crippen LogP contribution in [-0.4, -0.2) is 0 Å². The normalized spacial score (nSPS) is 11.3. The van der Waals surface area contributed by atoms with Crippen LogP contribution in [0.25, 0.3) is 84.9 Å². The van der Waals surface area contributed by atoms with Crippen LogP contribution in [0.5, 0.6) is 0 Å². The summed E-state index contributed by atoms with van der Waals surface area (Å²) in [6, 6.07) is 55.6. The van der Waals surface area contributed by atoms with E-state index in [1.54, 1.807) is 0 Å². The van der Waals surface area contributed by atoms with Crippen LogP contribution >= 0.6 is 22.7 Å². The van der Waals surface area contributed by atoms with Gasteiger partial charge in [-0.15, -0.1) is 22.7 Å². The van der Waals surface area contributed by atoms with Gasteiger partial charge < -0.3 is 0 Å². The third kappa shape index (κ3) is 4.67. The highest BCUT2D eigenvalue weighted by molar-refractivity contribution is 7.26. The van der Waals surface area contributed by atoms with Crippen molar-refractivity contribution in [2.45, 2.75) is 0 Å². The molecule has 0 amide bonds. The lowest BCUT2D eigenvalue weighted by atomic mass is 9.88. The number of hydrogen-bond donors (Lipinski definition) is 0. The smallest absolute Gasteiger partial charge is 0.0998 e. The molecule has 2 nitrogen and oxygen atoms in total. The van der Waals surface area contributed by atoms with E-state index >= 15 is 0 Å². The number of rotatable bonds is 4. The van der Waals surface area contributed by atoms with Crippen LogP contribution in [0.3, 0.4) is 0 Å². The number of fused-ring (bicyclic) bond motifs is 6. The van der Waals surface area contributed by atoms with Crippen molar-refractivity contribution in [1.82, 2.24) is 0 Å². The van der Waals surface area contributed by atoms with Crippen molar-refractivity contribution in [3.63, 3.8) is 0 Å². The second-order valence-corrected chi connectivity index (χ2v) is 14.1. The Bertz CT molecular complexity index is 2820. The van der Waals surface area contributed by atoms with Crippen molar-refractivity contribution in [2.75, 3.05) is 0 Å². The molecule has 2 aromatic heterocycles. The van der Waals surface area contributed by atoms with Gasteiger partial charge in [-0.05, 0) is 111 Å². The monoisotopic (exact) mass is 644 g/mol. The predicted molar refractivity (Wildman–Crippen MR) is 203 cm³/mol. The Morgan fingerprint density at radius 3 is 1.58 bits per heavy atom. The van der Waals surface area contributed by atoms with Crippen LogP contribution in [0.4, 0.5) is 0 Å². The highest BCUT2D eigenvalue weighted by Gasteiger charge is 2.16. The quantitative estimate of drug-likeness (QED) is 0.191. The first-order chi connectivity index (χ1) is 23.7. The third-order valence-electron chi connectivity index (χ3n) is 9.15. The summed E-state index contributed by atoms with van der Waals surface area (Å²) in [7, 11) is 0. The molecule has 0 aliphatic carbocycles. The van der Waals surface area contributed by atoms with Gasteiger partial charge in [0.2, 0.25) is 0 Å². The molecule has 9 aromatic rings. The number of thiophene rings is 2. The fourth-order valence-corrected chi connectivity index (χ4v) is 9.02. The molecule has 0 N–H and O–H groups in total. The Labute approximate surface area is 285 Å². The van der Waals surface area contributed by atoms with Crippen LogP contribution in [0, 0.1) is 22.7 Å². The topological polar surface area (TPSA) is 47.6 Å². The van der Waals surface area contributed by atoms with E-state index in [1.165, 1.54) is 40.3 Å². The predicted octanol–water partition coefficient (Wildman–Crippen LogP) is 12.8. The fourth-order valence-electron chi connectivity index (χ4n) is 6.85. The largest absolute Gasteiger partial charge is 0.192 e. The number of nitrogens with zero attached hydrogens (tertiary/aromatic N) is 2. The van der Waals surface area contributed by atoms with E-state index in [9.17, 15) is 10.5 Å². The molecule has 9 rings (SSSR count). The van der Waals surface area contributed by atoms with Crippen LogP contribution in [0.15, 0.2) is 146 Å². The highest BCUT2D eigenvalue weighted by Crippen LogP contribution is 2.43. The first kappa shape index (κ1) is 28.2. The van der Waals surface area contributed by atoms with Crippen LogP contribution in [-0.2, 0) is 0 Å². The summed E-state index contributed by atoms with van der Waals surface area (Å²) < 4.78 is 5.10. The van der Waals surface area contributed by atoms with Crippen molar-refractivity contribution >= 4 is 63.0 Å². The maximum absolute atomic E-state index is 10.2. The molecule has 0 fully saturated rings. The molecule has 0 saturated carbocycles. The van der Waals surface area contributed by atoms with E-state index in [0.717, 1.165) is 44.5 Å². The highest BCUT2D eigenvalue weighted by atomic mass is 32.1. The first-order valence-electron chi connectivity index (χ1n) is 15.7. The molecular formula is C44H24N2S2. The second-order valence-electron chi connectivity index (χ2n) is 11.9. The van der Waals surface area contributed by atoms with Gasteiger partial charge >= 0.3 is 0 Å². The Balaban J connectivity index is 1.29. The summed E-state index contributed by atoms with van der Waals surface area (Å²) in [6.07, 6.45) is 0. The molecule has 222 valence electrons. The summed E-state index contributed by atoms with van der Waals surface area (Å²) in [5.74, 6) is 0. The minimum absolute atomic E-state index is 0.553. The summed E-state index contributed by atoms with van der Waals surface area (Å²) in [4.78, 5) is 0. The molecule has 0 aliphatic rings. The molecule has 0 aliphatic heterocycles. The van der Waals surface area contributed by atoms with Gasteiger partial charge in [-0.2, -0.15) is 10.5 Å². The van der Waals surface area contributed by atoms with E-state index in [4.69, 9.17) is 0 Å². The molecule has 0 unspecified atom stereocenters. The third-order valence-corrected chi connectivity index (χ3v) is 11.5. The van der Waals surface area contributed by atoms with Gasteiger partial charge in [-0.25, -0.2) is 0 Å². The average molecular weight is 645 g/mol. The van der Waals surface area contributed by atoms with Gasteiger partial charge in [-0.1, -0.05) is 78.9 Å². The molecule has 2 heterocycles. The molecular weight excluding hydrogens is 621 g/mol. The van der Waals surface area contributed by atoms with Crippen molar-refractivity contribution in [3.05, 3.63) is 157 Å². The van der Waals surface area contributed by atoms with E-state index in [0.29, 0.717) is 11.1 Å². The molecule has 0 saturated heterocycles. The zero-order valence-electron chi connectivity index (χ0n) is 25.6. The van der Waals surface area contributed by atoms with E-state index < -0.39 is 0 Å². The molecule has 0 spiro atoms. The Morgan fingerprint density at radius 2 is 0.896 bits per heavy atom. The van der Waals surface area contributed by atoms with Gasteiger partial charge in [0.25, 0.3) is 0 Å². The molecule has 48 heavy (non-hydrogen) atoms. The maximum atomic E-state index is 10.2. The number of nitriles is 2. The SMILES string of the molecule is N#Cc1cc(-c2ccccc2C#N)cc(-c2cc(-c3ccc4sc5ccccc5c4c3)ccc2-c2ccc3sc4ccccc4c3c2)c1. The van der Waals surface area contributed by atoms with Crippen LogP contribution in [0.2, 0.25) is 0 Å². The fraction of sp³-hybridized carbons (Fsp3) is 0. The molecule has 4 heteroatoms. The van der Waals surface area contributed by atoms with E-state index in [2.05, 4.69) is 121 Å². The molecule has 0 radical (unpaired) electrons. The minimum atomic E-state index is 0.553. The van der Waals surface area contributed by atoms with E-state index in [1.807, 2.05) is 59.1 Å². The molecule has 7 aromatic carbocycles. The van der Waals surface area contributed by atoms with Crippen LogP contribution < -0.4 is 0 Å². The summed E-state index contributed by atoms with van der Waals surface area (Å²) in [6.45, 7) is 0. The number of hydrogen-bond acceptors (Lipinski definition) is 4. The van der Waals surface area contributed by atoms with Gasteiger partial charge in [0.1, 0.15) is 0 Å². The van der Waals surface area contributed by atoms with Gasteiger partial charge in [0.15, 0.2) is 0 Å². The maximum Gasteiger partial charge on any atom is 0.0998 e. The Morgan fingerprint density at radius 1 is 0.354 bits per heavy atom. The van der Waals surface area contributed by atoms with Gasteiger partial charge in [-0.3, -0.25) is 0 Å². The Hall–Kier alpha value is -6.04. The lowest BCUT2D eigenvalue weighted by Crippen LogP contribution is -1.91. The lowest BCUT2D eigenvalue weighted by molar-refractivity contribution is 1.46. The summed E-state index contributed by atoms with van der Waals surface area (Å²) in [5, 5.41) is 25.1. The van der Waals surface area contributed by atoms with Crippen molar-refractivity contribution in [3.8, 4) is 56.6 Å². The summed E-state index contributed by atoms with van der Waals surface area (Å²) in [5.41, 5.74) is 9.23. The van der Waals surface area contributed by atoms with Crippen molar-refractivity contribution in [1.29, 1.82) is 10.5 Å². The van der Waals surface area contributed by atoms with Crippen LogP contribution in [0.1, 0.15) is 11.1 Å². The van der Waals surface area contributed by atoms with Gasteiger partial charge in [0, 0.05) is 40.3 Å². The average Bonchev–Trinajstić information content (AvgIpc) is 3.72. The lowest BCUT2D eigenvalue weighted by Gasteiger charge is -2.16. The molecule has 0 atom stereocenters. The Kier molecular flexibility index (Phi) is 6.66. The van der Waals surface area contributed by atoms with Crippen molar-refractivity contribution in [2.24, 2.45) is 0 Å².